The van der Waals surface area contributed by atoms with E-state index in [1.807, 2.05) is 31.2 Å². The number of carbonyl (C=O) groups excluding carboxylic acids is 1. The monoisotopic (exact) mass is 386 g/mol. The van der Waals surface area contributed by atoms with E-state index < -0.39 is 0 Å². The topological polar surface area (TPSA) is 36.8 Å². The van der Waals surface area contributed by atoms with Crippen molar-refractivity contribution in [1.29, 1.82) is 0 Å². The van der Waals surface area contributed by atoms with Gasteiger partial charge in [-0.25, -0.2) is 0 Å². The Balaban J connectivity index is 1.53. The third-order valence-electron chi connectivity index (χ3n) is 5.74. The van der Waals surface area contributed by atoms with Crippen molar-refractivity contribution in [3.05, 3.63) is 64.2 Å². The molecule has 27 heavy (non-hydrogen) atoms. The maximum atomic E-state index is 12.6. The van der Waals surface area contributed by atoms with Crippen LogP contribution < -0.4 is 15.1 Å². The highest BCUT2D eigenvalue weighted by atomic mass is 35.5. The van der Waals surface area contributed by atoms with Gasteiger partial charge in [0.05, 0.1) is 26.2 Å². The second kappa shape index (κ2) is 8.77. The van der Waals surface area contributed by atoms with E-state index in [-0.39, 0.29) is 11.9 Å². The van der Waals surface area contributed by atoms with Gasteiger partial charge in [-0.05, 0) is 49.6 Å². The lowest BCUT2D eigenvalue weighted by atomic mass is 10.1. The molecule has 1 aliphatic rings. The first-order chi connectivity index (χ1) is 13.0. The number of halogens is 1. The SMILES string of the molecule is Cc1cccc(N2CC[NH+]([C@H](C)C(=O)NCc3ccccc3Cl)CC2)c1C. The molecule has 1 saturated heterocycles. The highest BCUT2D eigenvalue weighted by molar-refractivity contribution is 6.31. The molecule has 1 amide bonds. The highest BCUT2D eigenvalue weighted by Gasteiger charge is 2.29. The molecule has 4 nitrogen and oxygen atoms in total. The average molecular weight is 387 g/mol. The van der Waals surface area contributed by atoms with Crippen LogP contribution in [0, 0.1) is 13.8 Å². The third-order valence-corrected chi connectivity index (χ3v) is 6.11. The maximum Gasteiger partial charge on any atom is 0.278 e. The van der Waals surface area contributed by atoms with Crippen LogP contribution >= 0.6 is 11.6 Å². The molecule has 5 heteroatoms. The van der Waals surface area contributed by atoms with Crippen molar-refractivity contribution in [3.63, 3.8) is 0 Å². The lowest BCUT2D eigenvalue weighted by molar-refractivity contribution is -0.914. The molecule has 2 aromatic carbocycles. The quantitative estimate of drug-likeness (QED) is 0.827. The Morgan fingerprint density at radius 2 is 1.85 bits per heavy atom. The second-order valence-electron chi connectivity index (χ2n) is 7.40. The number of hydrogen-bond acceptors (Lipinski definition) is 2. The molecular formula is C22H29ClN3O+. The summed E-state index contributed by atoms with van der Waals surface area (Å²) < 4.78 is 0. The summed E-state index contributed by atoms with van der Waals surface area (Å²) in [4.78, 5) is 16.4. The lowest BCUT2D eigenvalue weighted by Crippen LogP contribution is -3.19. The van der Waals surface area contributed by atoms with Crippen molar-refractivity contribution in [3.8, 4) is 0 Å². The van der Waals surface area contributed by atoms with Gasteiger partial charge < -0.3 is 15.1 Å². The fourth-order valence-electron chi connectivity index (χ4n) is 3.71. The Labute approximate surface area is 167 Å². The first-order valence-corrected chi connectivity index (χ1v) is 10.0. The number of nitrogens with one attached hydrogen (secondary N) is 2. The van der Waals surface area contributed by atoms with E-state index in [4.69, 9.17) is 11.6 Å². The zero-order valence-corrected chi connectivity index (χ0v) is 17.1. The molecule has 0 aromatic heterocycles. The number of nitrogens with zero attached hydrogens (tertiary/aromatic N) is 1. The summed E-state index contributed by atoms with van der Waals surface area (Å²) in [7, 11) is 0. The van der Waals surface area contributed by atoms with E-state index in [0.717, 1.165) is 31.7 Å². The summed E-state index contributed by atoms with van der Waals surface area (Å²) in [5.74, 6) is 0.0881. The van der Waals surface area contributed by atoms with E-state index in [1.165, 1.54) is 21.7 Å². The van der Waals surface area contributed by atoms with Gasteiger partial charge in [-0.15, -0.1) is 0 Å². The predicted molar refractivity (Wildman–Crippen MR) is 112 cm³/mol. The Bertz CT molecular complexity index is 800. The summed E-state index contributed by atoms with van der Waals surface area (Å²) in [6.45, 7) is 10.7. The zero-order chi connectivity index (χ0) is 19.4. The minimum Gasteiger partial charge on any atom is -0.360 e. The molecule has 1 atom stereocenters. The van der Waals surface area contributed by atoms with Gasteiger partial charge >= 0.3 is 0 Å². The van der Waals surface area contributed by atoms with Crippen LogP contribution in [0.4, 0.5) is 5.69 Å². The van der Waals surface area contributed by atoms with Crippen LogP contribution in [0.25, 0.3) is 0 Å². The van der Waals surface area contributed by atoms with Gasteiger partial charge in [-0.3, -0.25) is 4.79 Å². The number of hydrogen-bond donors (Lipinski definition) is 2. The van der Waals surface area contributed by atoms with E-state index in [2.05, 4.69) is 42.3 Å². The van der Waals surface area contributed by atoms with Gasteiger partial charge in [-0.2, -0.15) is 0 Å². The minimum absolute atomic E-state index is 0.0618. The fraction of sp³-hybridized carbons (Fsp3) is 0.409. The molecule has 2 N–H and O–H groups in total. The molecule has 144 valence electrons. The molecule has 1 heterocycles. The molecule has 0 aliphatic carbocycles. The molecule has 1 fully saturated rings. The molecule has 1 aliphatic heterocycles. The number of anilines is 1. The maximum absolute atomic E-state index is 12.6. The summed E-state index contributed by atoms with van der Waals surface area (Å²) in [5.41, 5.74) is 4.96. The highest BCUT2D eigenvalue weighted by Crippen LogP contribution is 2.22. The summed E-state index contributed by atoms with van der Waals surface area (Å²) in [6.07, 6.45) is 0. The summed E-state index contributed by atoms with van der Waals surface area (Å²) in [6, 6.07) is 14.1. The van der Waals surface area contributed by atoms with Crippen molar-refractivity contribution in [2.45, 2.75) is 33.4 Å². The lowest BCUT2D eigenvalue weighted by Gasteiger charge is -2.36. The van der Waals surface area contributed by atoms with E-state index in [1.54, 1.807) is 0 Å². The summed E-state index contributed by atoms with van der Waals surface area (Å²) in [5, 5.41) is 3.73. The smallest absolute Gasteiger partial charge is 0.278 e. The van der Waals surface area contributed by atoms with Crippen molar-refractivity contribution in [1.82, 2.24) is 5.32 Å². The van der Waals surface area contributed by atoms with Crippen LogP contribution in [0.3, 0.4) is 0 Å². The summed E-state index contributed by atoms with van der Waals surface area (Å²) >= 11 is 6.17. The number of benzene rings is 2. The number of amides is 1. The molecule has 0 radical (unpaired) electrons. The number of quaternary nitrogens is 1. The van der Waals surface area contributed by atoms with Crippen LogP contribution in [0.15, 0.2) is 42.5 Å². The Hall–Kier alpha value is -2.04. The average Bonchev–Trinajstić information content (AvgIpc) is 2.69. The van der Waals surface area contributed by atoms with E-state index in [9.17, 15) is 4.79 Å². The standard InChI is InChI=1S/C22H28ClN3O/c1-16-7-6-10-21(17(16)2)26-13-11-25(12-14-26)18(3)22(27)24-15-19-8-4-5-9-20(19)23/h4-10,18H,11-15H2,1-3H3,(H,24,27)/p+1/t18-/m1/s1. The zero-order valence-electron chi connectivity index (χ0n) is 16.4. The Kier molecular flexibility index (Phi) is 6.40. The van der Waals surface area contributed by atoms with Crippen LogP contribution in [0.5, 0.6) is 0 Å². The van der Waals surface area contributed by atoms with Crippen molar-refractivity contribution in [2.24, 2.45) is 0 Å². The predicted octanol–water partition coefficient (Wildman–Crippen LogP) is 2.37. The van der Waals surface area contributed by atoms with Gasteiger partial charge in [0.25, 0.3) is 5.91 Å². The van der Waals surface area contributed by atoms with Crippen molar-refractivity contribution >= 4 is 23.2 Å². The Morgan fingerprint density at radius 1 is 1.15 bits per heavy atom. The van der Waals surface area contributed by atoms with Crippen LogP contribution in [0.2, 0.25) is 5.02 Å². The molecular weight excluding hydrogens is 358 g/mol. The first-order valence-electron chi connectivity index (χ1n) is 9.64. The van der Waals surface area contributed by atoms with Gasteiger partial charge in [0.2, 0.25) is 0 Å². The number of aryl methyl sites for hydroxylation is 1. The van der Waals surface area contributed by atoms with E-state index >= 15 is 0 Å². The third kappa shape index (κ3) is 4.63. The molecule has 0 spiro atoms. The van der Waals surface area contributed by atoms with Gasteiger partial charge in [0.1, 0.15) is 0 Å². The molecule has 0 unspecified atom stereocenters. The minimum atomic E-state index is -0.0618. The van der Waals surface area contributed by atoms with Crippen LogP contribution in [-0.2, 0) is 11.3 Å². The van der Waals surface area contributed by atoms with Gasteiger partial charge in [0.15, 0.2) is 6.04 Å². The fourth-order valence-corrected chi connectivity index (χ4v) is 3.91. The molecule has 2 aromatic rings. The number of piperazine rings is 1. The van der Waals surface area contributed by atoms with Gasteiger partial charge in [0, 0.05) is 17.3 Å². The molecule has 3 rings (SSSR count). The normalized spacial score (nSPS) is 16.2. The van der Waals surface area contributed by atoms with Gasteiger partial charge in [-0.1, -0.05) is 41.9 Å². The van der Waals surface area contributed by atoms with Crippen LogP contribution in [-0.4, -0.2) is 38.1 Å². The molecule has 0 bridgehead atoms. The second-order valence-corrected chi connectivity index (χ2v) is 7.80. The number of carbonyl (C=O) groups is 1. The van der Waals surface area contributed by atoms with E-state index in [0.29, 0.717) is 11.6 Å². The molecule has 0 saturated carbocycles. The van der Waals surface area contributed by atoms with Crippen molar-refractivity contribution in [2.75, 3.05) is 31.1 Å². The number of rotatable bonds is 5. The Morgan fingerprint density at radius 3 is 2.56 bits per heavy atom. The first kappa shape index (κ1) is 19.7. The largest absolute Gasteiger partial charge is 0.360 e. The van der Waals surface area contributed by atoms with Crippen LogP contribution in [0.1, 0.15) is 23.6 Å². The van der Waals surface area contributed by atoms with Crippen molar-refractivity contribution < 1.29 is 9.69 Å².